The van der Waals surface area contributed by atoms with E-state index in [4.69, 9.17) is 0 Å². The lowest BCUT2D eigenvalue weighted by atomic mass is 10.0. The molecule has 0 saturated carbocycles. The fourth-order valence-corrected chi connectivity index (χ4v) is 3.57. The normalized spacial score (nSPS) is 16.5. The summed E-state index contributed by atoms with van der Waals surface area (Å²) in [7, 11) is 3.40. The largest absolute Gasteiger partial charge is 0.345 e. The molecule has 1 aliphatic heterocycles. The van der Waals surface area contributed by atoms with Crippen LogP contribution in [0.25, 0.3) is 5.65 Å². The third kappa shape index (κ3) is 2.98. The van der Waals surface area contributed by atoms with Gasteiger partial charge in [-0.15, -0.1) is 0 Å². The molecule has 4 heterocycles. The highest BCUT2D eigenvalue weighted by molar-refractivity contribution is 5.99. The van der Waals surface area contributed by atoms with Gasteiger partial charge in [-0.25, -0.2) is 19.5 Å². The average molecular weight is 379 g/mol. The van der Waals surface area contributed by atoms with Crippen molar-refractivity contribution in [1.82, 2.24) is 34.4 Å². The smallest absolute Gasteiger partial charge is 0.258 e. The van der Waals surface area contributed by atoms with E-state index in [0.29, 0.717) is 35.6 Å². The summed E-state index contributed by atoms with van der Waals surface area (Å²) >= 11 is 0. The second kappa shape index (κ2) is 6.99. The topological polar surface area (TPSA) is 96.6 Å². The van der Waals surface area contributed by atoms with Crippen LogP contribution >= 0.6 is 0 Å². The zero-order valence-corrected chi connectivity index (χ0v) is 16.0. The number of aromatic nitrogens is 5. The molecule has 2 amide bonds. The molecule has 0 N–H and O–H groups in total. The Morgan fingerprint density at radius 3 is 2.75 bits per heavy atom. The first-order chi connectivity index (χ1) is 13.5. The molecule has 0 spiro atoms. The molecular weight excluding hydrogens is 358 g/mol. The van der Waals surface area contributed by atoms with E-state index >= 15 is 0 Å². The molecule has 144 valence electrons. The van der Waals surface area contributed by atoms with Crippen LogP contribution in [-0.4, -0.2) is 73.4 Å². The maximum atomic E-state index is 12.8. The van der Waals surface area contributed by atoms with Crippen LogP contribution in [0.4, 0.5) is 0 Å². The minimum atomic E-state index is -0.137. The number of amides is 2. The van der Waals surface area contributed by atoms with E-state index in [1.807, 2.05) is 17.9 Å². The number of carbonyl (C=O) groups is 2. The van der Waals surface area contributed by atoms with Gasteiger partial charge < -0.3 is 9.80 Å². The van der Waals surface area contributed by atoms with Crippen LogP contribution in [0.3, 0.4) is 0 Å². The van der Waals surface area contributed by atoms with E-state index in [0.717, 1.165) is 12.1 Å². The maximum Gasteiger partial charge on any atom is 0.258 e. The van der Waals surface area contributed by atoms with Crippen LogP contribution in [0.15, 0.2) is 31.0 Å². The number of likely N-dealkylation sites (tertiary alicyclic amines) is 1. The highest BCUT2D eigenvalue weighted by atomic mass is 16.2. The Morgan fingerprint density at radius 1 is 1.18 bits per heavy atom. The summed E-state index contributed by atoms with van der Waals surface area (Å²) in [6.07, 6.45) is 7.07. The van der Waals surface area contributed by atoms with Crippen molar-refractivity contribution in [2.24, 2.45) is 0 Å². The van der Waals surface area contributed by atoms with Gasteiger partial charge in [0, 0.05) is 45.5 Å². The number of hydrogen-bond donors (Lipinski definition) is 0. The van der Waals surface area contributed by atoms with Gasteiger partial charge in [-0.2, -0.15) is 5.10 Å². The molecule has 1 fully saturated rings. The van der Waals surface area contributed by atoms with E-state index in [9.17, 15) is 9.59 Å². The van der Waals surface area contributed by atoms with Crippen molar-refractivity contribution < 1.29 is 9.59 Å². The van der Waals surface area contributed by atoms with Crippen LogP contribution < -0.4 is 0 Å². The van der Waals surface area contributed by atoms with Crippen molar-refractivity contribution in [3.05, 3.63) is 53.5 Å². The third-order valence-corrected chi connectivity index (χ3v) is 5.10. The lowest BCUT2D eigenvalue weighted by Crippen LogP contribution is -2.29. The lowest BCUT2D eigenvalue weighted by molar-refractivity contribution is 0.0787. The molecule has 1 saturated heterocycles. The molecule has 9 nitrogen and oxygen atoms in total. The van der Waals surface area contributed by atoms with Gasteiger partial charge in [0.15, 0.2) is 5.65 Å². The zero-order chi connectivity index (χ0) is 19.8. The molecule has 0 radical (unpaired) electrons. The summed E-state index contributed by atoms with van der Waals surface area (Å²) in [5.74, 6) is -0.0844. The molecule has 1 atom stereocenters. The molecule has 28 heavy (non-hydrogen) atoms. The molecule has 3 aromatic heterocycles. The Labute approximate surface area is 162 Å². The Hall–Kier alpha value is -3.36. The standard InChI is InChI=1S/C19H21N7O2/c1-12-14(8-20-11-22-12)19(28)25-7-5-13(10-25)16-4-6-21-17-15(9-23-26(16)17)18(27)24(2)3/h4,6,8-9,11,13H,5,7,10H2,1-3H3/t13-/m1/s1. The highest BCUT2D eigenvalue weighted by Gasteiger charge is 2.31. The van der Waals surface area contributed by atoms with E-state index in [-0.39, 0.29) is 17.7 Å². The Morgan fingerprint density at radius 2 is 2.00 bits per heavy atom. The quantitative estimate of drug-likeness (QED) is 0.677. The Bertz CT molecular complexity index is 1060. The summed E-state index contributed by atoms with van der Waals surface area (Å²) in [4.78, 5) is 40.9. The van der Waals surface area contributed by atoms with Crippen molar-refractivity contribution in [3.8, 4) is 0 Å². The summed E-state index contributed by atoms with van der Waals surface area (Å²) in [6.45, 7) is 3.03. The number of carbonyl (C=O) groups excluding carboxylic acids is 2. The fourth-order valence-electron chi connectivity index (χ4n) is 3.57. The zero-order valence-electron chi connectivity index (χ0n) is 16.0. The van der Waals surface area contributed by atoms with Gasteiger partial charge in [-0.05, 0) is 19.4 Å². The summed E-state index contributed by atoms with van der Waals surface area (Å²) in [6, 6.07) is 1.90. The van der Waals surface area contributed by atoms with Crippen LogP contribution in [0.5, 0.6) is 0 Å². The molecule has 1 aliphatic rings. The minimum absolute atomic E-state index is 0.0603. The molecule has 3 aromatic rings. The van der Waals surface area contributed by atoms with Gasteiger partial charge >= 0.3 is 0 Å². The third-order valence-electron chi connectivity index (χ3n) is 5.10. The van der Waals surface area contributed by atoms with E-state index in [1.165, 1.54) is 11.2 Å². The molecule has 0 unspecified atom stereocenters. The second-order valence-electron chi connectivity index (χ2n) is 7.12. The first-order valence-corrected chi connectivity index (χ1v) is 9.07. The first kappa shape index (κ1) is 18.0. The average Bonchev–Trinajstić information content (AvgIpc) is 3.34. The maximum absolute atomic E-state index is 12.8. The second-order valence-corrected chi connectivity index (χ2v) is 7.12. The summed E-state index contributed by atoms with van der Waals surface area (Å²) in [5, 5.41) is 4.39. The molecule has 4 rings (SSSR count). The van der Waals surface area contributed by atoms with Crippen LogP contribution in [-0.2, 0) is 0 Å². The number of fused-ring (bicyclic) bond motifs is 1. The predicted octanol–water partition coefficient (Wildman–Crippen LogP) is 1.16. The van der Waals surface area contributed by atoms with Crippen LogP contribution in [0.1, 0.15) is 44.4 Å². The number of nitrogens with zero attached hydrogens (tertiary/aromatic N) is 7. The lowest BCUT2D eigenvalue weighted by Gasteiger charge is -2.17. The fraction of sp³-hybridized carbons (Fsp3) is 0.368. The van der Waals surface area contributed by atoms with Gasteiger partial charge in [0.2, 0.25) is 0 Å². The Kier molecular flexibility index (Phi) is 4.50. The van der Waals surface area contributed by atoms with Crippen molar-refractivity contribution in [2.75, 3.05) is 27.2 Å². The van der Waals surface area contributed by atoms with Crippen molar-refractivity contribution in [3.63, 3.8) is 0 Å². The molecule has 0 aliphatic carbocycles. The summed E-state index contributed by atoms with van der Waals surface area (Å²) in [5.41, 5.74) is 3.15. The van der Waals surface area contributed by atoms with Gasteiger partial charge in [0.1, 0.15) is 11.9 Å². The SMILES string of the molecule is Cc1ncncc1C(=O)N1CC[C@@H](c2ccnc3c(C(=O)N(C)C)cnn23)C1. The van der Waals surface area contributed by atoms with E-state index in [2.05, 4.69) is 20.1 Å². The highest BCUT2D eigenvalue weighted by Crippen LogP contribution is 2.29. The van der Waals surface area contributed by atoms with Crippen LogP contribution in [0.2, 0.25) is 0 Å². The monoisotopic (exact) mass is 379 g/mol. The number of hydrogen-bond acceptors (Lipinski definition) is 6. The molecule has 9 heteroatoms. The minimum Gasteiger partial charge on any atom is -0.345 e. The summed E-state index contributed by atoms with van der Waals surface area (Å²) < 4.78 is 1.71. The Balaban J connectivity index is 1.61. The van der Waals surface area contributed by atoms with Gasteiger partial charge in [0.05, 0.1) is 23.1 Å². The molecule has 0 aromatic carbocycles. The van der Waals surface area contributed by atoms with Gasteiger partial charge in [-0.1, -0.05) is 0 Å². The van der Waals surface area contributed by atoms with Crippen molar-refractivity contribution in [2.45, 2.75) is 19.3 Å². The molecule has 0 bridgehead atoms. The van der Waals surface area contributed by atoms with E-state index in [1.54, 1.807) is 37.2 Å². The number of rotatable bonds is 3. The van der Waals surface area contributed by atoms with Gasteiger partial charge in [-0.3, -0.25) is 9.59 Å². The van der Waals surface area contributed by atoms with Crippen molar-refractivity contribution in [1.29, 1.82) is 0 Å². The molecular formula is C19H21N7O2. The number of aryl methyl sites for hydroxylation is 1. The van der Waals surface area contributed by atoms with Crippen molar-refractivity contribution >= 4 is 17.5 Å². The van der Waals surface area contributed by atoms with E-state index < -0.39 is 0 Å². The predicted molar refractivity (Wildman–Crippen MR) is 101 cm³/mol. The van der Waals surface area contributed by atoms with Gasteiger partial charge in [0.25, 0.3) is 11.8 Å². The first-order valence-electron chi connectivity index (χ1n) is 9.07. The van der Waals surface area contributed by atoms with Crippen LogP contribution in [0, 0.1) is 6.92 Å².